The topological polar surface area (TPSA) is 131 Å². The summed E-state index contributed by atoms with van der Waals surface area (Å²) in [5.41, 5.74) is 1.25. The number of aliphatic imine (C=N–C) groups is 1. The number of nitrogens with one attached hydrogen (secondary N) is 2. The number of benzene rings is 1. The van der Waals surface area contributed by atoms with E-state index in [1.807, 2.05) is 4.90 Å². The third kappa shape index (κ3) is 7.11. The van der Waals surface area contributed by atoms with Crippen LogP contribution in [0.5, 0.6) is 0 Å². The summed E-state index contributed by atoms with van der Waals surface area (Å²) in [5, 5.41) is 8.24. The van der Waals surface area contributed by atoms with E-state index in [1.54, 1.807) is 31.5 Å². The first kappa shape index (κ1) is 29.8. The van der Waals surface area contributed by atoms with Gasteiger partial charge in [-0.3, -0.25) is 19.5 Å². The van der Waals surface area contributed by atoms with Gasteiger partial charge >= 0.3 is 11.9 Å². The molecule has 1 fully saturated rings. The quantitative estimate of drug-likeness (QED) is 0.377. The van der Waals surface area contributed by atoms with E-state index in [0.29, 0.717) is 39.7 Å². The Hall–Kier alpha value is -3.20. The van der Waals surface area contributed by atoms with Crippen LogP contribution in [0, 0.1) is 5.82 Å². The second-order valence-electron chi connectivity index (χ2n) is 8.71. The normalized spacial score (nSPS) is 19.4. The molecule has 1 amide bonds. The van der Waals surface area contributed by atoms with Gasteiger partial charge in [-0.2, -0.15) is 0 Å². The van der Waals surface area contributed by atoms with Crippen molar-refractivity contribution < 1.29 is 33.0 Å². The summed E-state index contributed by atoms with van der Waals surface area (Å²) in [6, 6.07) is 2.59. The molecule has 2 aromatic rings. The number of halogens is 2. The summed E-state index contributed by atoms with van der Waals surface area (Å²) in [6.45, 7) is 4.43. The fraction of sp³-hybridized carbons (Fsp3) is 0.423. The maximum atomic E-state index is 14.0. The monoisotopic (exact) mass is 637 g/mol. The number of amides is 1. The summed E-state index contributed by atoms with van der Waals surface area (Å²) in [5.74, 6) is -1.56. The lowest BCUT2D eigenvalue weighted by atomic mass is 9.95. The highest BCUT2D eigenvalue weighted by atomic mass is 79.9. The zero-order valence-corrected chi connectivity index (χ0v) is 24.3. The van der Waals surface area contributed by atoms with Crippen LogP contribution in [0.1, 0.15) is 30.5 Å². The fourth-order valence-electron chi connectivity index (χ4n) is 4.33. The first-order valence-electron chi connectivity index (χ1n) is 12.7. The Kier molecular flexibility index (Phi) is 10.4. The van der Waals surface area contributed by atoms with E-state index in [2.05, 4.69) is 31.5 Å². The van der Waals surface area contributed by atoms with Crippen molar-refractivity contribution in [2.75, 3.05) is 46.1 Å². The van der Waals surface area contributed by atoms with E-state index in [4.69, 9.17) is 19.2 Å². The number of esters is 2. The van der Waals surface area contributed by atoms with Crippen LogP contribution >= 0.6 is 27.3 Å². The van der Waals surface area contributed by atoms with E-state index < -0.39 is 35.7 Å². The van der Waals surface area contributed by atoms with Gasteiger partial charge in [0.1, 0.15) is 24.4 Å². The molecular formula is C26H29BrFN5O6S. The van der Waals surface area contributed by atoms with Crippen LogP contribution < -0.4 is 10.6 Å². The minimum Gasteiger partial charge on any atom is -0.465 e. The second kappa shape index (κ2) is 13.9. The summed E-state index contributed by atoms with van der Waals surface area (Å²) < 4.78 is 30.3. The van der Waals surface area contributed by atoms with Gasteiger partial charge < -0.3 is 24.8 Å². The minimum atomic E-state index is -0.846. The predicted molar refractivity (Wildman–Crippen MR) is 148 cm³/mol. The largest absolute Gasteiger partial charge is 0.465 e. The molecular weight excluding hydrogens is 609 g/mol. The van der Waals surface area contributed by atoms with Crippen molar-refractivity contribution in [3.05, 3.63) is 61.9 Å². The first-order valence-corrected chi connectivity index (χ1v) is 14.3. The lowest BCUT2D eigenvalue weighted by Crippen LogP contribution is -2.56. The number of amidine groups is 1. The zero-order chi connectivity index (χ0) is 28.6. The van der Waals surface area contributed by atoms with E-state index in [-0.39, 0.29) is 38.5 Å². The Labute approximate surface area is 242 Å². The molecule has 0 bridgehead atoms. The fourth-order valence-corrected chi connectivity index (χ4v) is 5.48. The summed E-state index contributed by atoms with van der Waals surface area (Å²) >= 11 is 4.78. The molecule has 14 heteroatoms. The average molecular weight is 639 g/mol. The van der Waals surface area contributed by atoms with Crippen molar-refractivity contribution in [1.82, 2.24) is 20.5 Å². The van der Waals surface area contributed by atoms with Crippen LogP contribution in [0.4, 0.5) is 4.39 Å². The molecule has 4 rings (SSSR count). The van der Waals surface area contributed by atoms with Crippen LogP contribution in [-0.4, -0.2) is 85.7 Å². The van der Waals surface area contributed by atoms with E-state index in [9.17, 15) is 18.8 Å². The molecule has 1 saturated heterocycles. The number of aromatic nitrogens is 1. The van der Waals surface area contributed by atoms with Gasteiger partial charge in [0.2, 0.25) is 5.91 Å². The van der Waals surface area contributed by atoms with Gasteiger partial charge in [0.05, 0.1) is 32.0 Å². The highest BCUT2D eigenvalue weighted by Crippen LogP contribution is 2.37. The van der Waals surface area contributed by atoms with Crippen molar-refractivity contribution in [3.8, 4) is 0 Å². The van der Waals surface area contributed by atoms with E-state index in [1.165, 1.54) is 23.5 Å². The number of morpholine rings is 1. The molecule has 2 unspecified atom stereocenters. The summed E-state index contributed by atoms with van der Waals surface area (Å²) in [6.07, 6.45) is 1.64. The molecule has 2 N–H and O–H groups in total. The second-order valence-corrected chi connectivity index (χ2v) is 10.5. The van der Waals surface area contributed by atoms with Gasteiger partial charge in [-0.05, 0) is 31.5 Å². The van der Waals surface area contributed by atoms with Crippen molar-refractivity contribution in [1.29, 1.82) is 0 Å². The Morgan fingerprint density at radius 3 is 2.77 bits per heavy atom. The van der Waals surface area contributed by atoms with Gasteiger partial charge in [0, 0.05) is 34.8 Å². The molecule has 1 aromatic heterocycles. The molecule has 11 nitrogen and oxygen atoms in total. The van der Waals surface area contributed by atoms with Gasteiger partial charge in [0.15, 0.2) is 10.8 Å². The SMILES string of the molecule is CCOC(=O)CNC(=O)C1COCCN1CC1=C(C(=O)OCC)C(c2ccc(F)cc2Br)N=C(c2nccs2)N1. The highest BCUT2D eigenvalue weighted by molar-refractivity contribution is 9.10. The molecule has 2 atom stereocenters. The Balaban J connectivity index is 1.72. The van der Waals surface area contributed by atoms with Crippen molar-refractivity contribution >= 4 is 50.9 Å². The predicted octanol–water partition coefficient (Wildman–Crippen LogP) is 2.33. The number of nitrogens with zero attached hydrogens (tertiary/aromatic N) is 3. The van der Waals surface area contributed by atoms with Crippen molar-refractivity contribution in [2.45, 2.75) is 25.9 Å². The molecule has 2 aliphatic rings. The molecule has 0 radical (unpaired) electrons. The lowest BCUT2D eigenvalue weighted by Gasteiger charge is -2.37. The molecule has 3 heterocycles. The number of rotatable bonds is 10. The van der Waals surface area contributed by atoms with E-state index >= 15 is 0 Å². The Morgan fingerprint density at radius 2 is 2.08 bits per heavy atom. The van der Waals surface area contributed by atoms with E-state index in [0.717, 1.165) is 0 Å². The summed E-state index contributed by atoms with van der Waals surface area (Å²) in [4.78, 5) is 49.2. The third-order valence-electron chi connectivity index (χ3n) is 6.13. The third-order valence-corrected chi connectivity index (χ3v) is 7.60. The first-order chi connectivity index (χ1) is 19.3. The van der Waals surface area contributed by atoms with Crippen molar-refractivity contribution in [3.63, 3.8) is 0 Å². The maximum Gasteiger partial charge on any atom is 0.338 e. The van der Waals surface area contributed by atoms with Crippen LogP contribution in [0.25, 0.3) is 0 Å². The van der Waals surface area contributed by atoms with Gasteiger partial charge in [0.25, 0.3) is 0 Å². The number of carbonyl (C=O) groups excluding carboxylic acids is 3. The number of ether oxygens (including phenoxy) is 3. The molecule has 0 saturated carbocycles. The lowest BCUT2D eigenvalue weighted by molar-refractivity contribution is -0.145. The smallest absolute Gasteiger partial charge is 0.338 e. The van der Waals surface area contributed by atoms with Crippen LogP contribution in [0.3, 0.4) is 0 Å². The molecule has 40 heavy (non-hydrogen) atoms. The highest BCUT2D eigenvalue weighted by Gasteiger charge is 2.37. The number of carbonyl (C=O) groups is 3. The molecule has 0 spiro atoms. The standard InChI is InChI=1S/C26H29BrFN5O6S/c1-3-38-20(34)12-30-24(35)19-14-37-9-8-33(19)13-18-21(26(36)39-4-2)22(16-6-5-15(28)11-17(16)27)32-23(31-18)25-29-7-10-40-25/h5-7,10-11,19,22H,3-4,8-9,12-14H2,1-2H3,(H,30,35)(H,31,32). The summed E-state index contributed by atoms with van der Waals surface area (Å²) in [7, 11) is 0. The average Bonchev–Trinajstić information content (AvgIpc) is 3.47. The molecule has 2 aliphatic heterocycles. The maximum absolute atomic E-state index is 14.0. The Bertz CT molecular complexity index is 1300. The van der Waals surface area contributed by atoms with Crippen LogP contribution in [-0.2, 0) is 28.6 Å². The molecule has 0 aliphatic carbocycles. The Morgan fingerprint density at radius 1 is 1.27 bits per heavy atom. The van der Waals surface area contributed by atoms with Crippen LogP contribution in [0.2, 0.25) is 0 Å². The number of hydrogen-bond acceptors (Lipinski definition) is 11. The number of hydrogen-bond donors (Lipinski definition) is 2. The number of thiazole rings is 1. The van der Waals surface area contributed by atoms with Gasteiger partial charge in [-0.15, -0.1) is 11.3 Å². The van der Waals surface area contributed by atoms with Gasteiger partial charge in [-0.1, -0.05) is 22.0 Å². The van der Waals surface area contributed by atoms with Crippen molar-refractivity contribution in [2.24, 2.45) is 4.99 Å². The zero-order valence-electron chi connectivity index (χ0n) is 21.9. The molecule has 214 valence electrons. The molecule has 1 aromatic carbocycles. The van der Waals surface area contributed by atoms with Gasteiger partial charge in [-0.25, -0.2) is 14.2 Å². The minimum absolute atomic E-state index is 0.0943. The van der Waals surface area contributed by atoms with Crippen LogP contribution in [0.15, 0.2) is 50.5 Å².